The van der Waals surface area contributed by atoms with Gasteiger partial charge in [0, 0.05) is 25.0 Å². The molecule has 1 aromatic carbocycles. The molecule has 2 amide bonds. The first-order valence-electron chi connectivity index (χ1n) is 10.8. The first-order valence-corrected chi connectivity index (χ1v) is 12.6. The molecule has 2 atom stereocenters. The molecule has 0 aromatic heterocycles. The molecule has 0 saturated carbocycles. The normalized spacial score (nSPS) is 21.2. The molecule has 11 heteroatoms. The van der Waals surface area contributed by atoms with E-state index >= 15 is 0 Å². The summed E-state index contributed by atoms with van der Waals surface area (Å²) in [7, 11) is -3.76. The highest BCUT2D eigenvalue weighted by Crippen LogP contribution is 2.31. The molecular weight excluding hydrogens is 456 g/mol. The van der Waals surface area contributed by atoms with Crippen molar-refractivity contribution in [1.82, 2.24) is 14.9 Å². The van der Waals surface area contributed by atoms with Crippen LogP contribution in [0.2, 0.25) is 5.02 Å². The number of benzene rings is 1. The van der Waals surface area contributed by atoms with Crippen LogP contribution < -0.4 is 21.1 Å². The van der Waals surface area contributed by atoms with Gasteiger partial charge in [-0.05, 0) is 57.0 Å². The van der Waals surface area contributed by atoms with Crippen molar-refractivity contribution in [3.05, 3.63) is 29.6 Å². The summed E-state index contributed by atoms with van der Waals surface area (Å²) in [5, 5.41) is 6.31. The number of carbonyl (C=O) groups excluding carboxylic acids is 2. The van der Waals surface area contributed by atoms with Gasteiger partial charge in [-0.1, -0.05) is 18.5 Å². The number of amides is 2. The SMILES string of the molecule is C[C@@H](C[CH]C(=O)N[C@H]1CCN(S(=O)(=O)c2ccc(OC3CCNCC3)c(Cl)c2)C1)C(N)=O. The standard InChI is InChI=1S/C21H30ClN4O5S/c1-14(21(23)28)2-5-20(27)25-15-8-11-26(13-15)32(29,30)17-3-4-19(18(22)12-17)31-16-6-9-24-10-7-16/h3-5,12,14-16,24H,2,6-11,13H2,1H3,(H2,23,28)(H,25,27)/t14-,15-/m0/s1. The maximum Gasteiger partial charge on any atom is 0.243 e. The number of primary amides is 1. The maximum atomic E-state index is 13.1. The first-order chi connectivity index (χ1) is 15.2. The van der Waals surface area contributed by atoms with Crippen LogP contribution in [0.4, 0.5) is 0 Å². The van der Waals surface area contributed by atoms with Gasteiger partial charge >= 0.3 is 0 Å². The van der Waals surface area contributed by atoms with Crippen LogP contribution in [0.3, 0.4) is 0 Å². The molecule has 1 aromatic rings. The van der Waals surface area contributed by atoms with Crippen LogP contribution in [0.1, 0.15) is 32.6 Å². The number of carbonyl (C=O) groups is 2. The third-order valence-corrected chi connectivity index (χ3v) is 7.92. The maximum absolute atomic E-state index is 13.1. The lowest BCUT2D eigenvalue weighted by atomic mass is 10.0. The lowest BCUT2D eigenvalue weighted by molar-refractivity contribution is -0.121. The van der Waals surface area contributed by atoms with E-state index in [4.69, 9.17) is 22.1 Å². The van der Waals surface area contributed by atoms with E-state index in [0.717, 1.165) is 25.9 Å². The lowest BCUT2D eigenvalue weighted by Crippen LogP contribution is -2.39. The fourth-order valence-electron chi connectivity index (χ4n) is 3.70. The summed E-state index contributed by atoms with van der Waals surface area (Å²) < 4.78 is 33.4. The van der Waals surface area contributed by atoms with E-state index in [1.165, 1.54) is 22.9 Å². The number of hydrogen-bond donors (Lipinski definition) is 3. The predicted octanol–water partition coefficient (Wildman–Crippen LogP) is 1.07. The van der Waals surface area contributed by atoms with Crippen molar-refractivity contribution in [1.29, 1.82) is 0 Å². The smallest absolute Gasteiger partial charge is 0.243 e. The third-order valence-electron chi connectivity index (χ3n) is 5.76. The Morgan fingerprint density at radius 2 is 2.06 bits per heavy atom. The van der Waals surface area contributed by atoms with Gasteiger partial charge in [-0.3, -0.25) is 9.59 Å². The van der Waals surface area contributed by atoms with Gasteiger partial charge in [-0.25, -0.2) is 8.42 Å². The molecule has 4 N–H and O–H groups in total. The zero-order chi connectivity index (χ0) is 23.3. The van der Waals surface area contributed by atoms with Gasteiger partial charge in [-0.15, -0.1) is 0 Å². The number of nitrogens with one attached hydrogen (secondary N) is 2. The van der Waals surface area contributed by atoms with Crippen molar-refractivity contribution < 1.29 is 22.7 Å². The van der Waals surface area contributed by atoms with E-state index in [-0.39, 0.29) is 47.5 Å². The van der Waals surface area contributed by atoms with Crippen LogP contribution in [-0.2, 0) is 19.6 Å². The Bertz CT molecular complexity index is 936. The van der Waals surface area contributed by atoms with Crippen molar-refractivity contribution in [2.75, 3.05) is 26.2 Å². The van der Waals surface area contributed by atoms with Gasteiger partial charge in [0.05, 0.1) is 16.3 Å². The van der Waals surface area contributed by atoms with E-state index in [1.54, 1.807) is 13.0 Å². The number of rotatable bonds is 9. The Morgan fingerprint density at radius 3 is 2.72 bits per heavy atom. The minimum absolute atomic E-state index is 0.0573. The van der Waals surface area contributed by atoms with Crippen molar-refractivity contribution in [3.8, 4) is 5.75 Å². The van der Waals surface area contributed by atoms with Crippen molar-refractivity contribution in [2.24, 2.45) is 11.7 Å². The average molecular weight is 486 g/mol. The molecule has 2 fully saturated rings. The Kier molecular flexibility index (Phi) is 8.37. The van der Waals surface area contributed by atoms with Gasteiger partial charge in [-0.2, -0.15) is 4.31 Å². The summed E-state index contributed by atoms with van der Waals surface area (Å²) in [6, 6.07) is 4.21. The number of nitrogens with two attached hydrogens (primary N) is 1. The van der Waals surface area contributed by atoms with E-state index in [9.17, 15) is 18.0 Å². The van der Waals surface area contributed by atoms with Crippen molar-refractivity contribution in [2.45, 2.75) is 49.6 Å². The highest BCUT2D eigenvalue weighted by atomic mass is 35.5. The van der Waals surface area contributed by atoms with Crippen LogP contribution in [0.25, 0.3) is 0 Å². The number of nitrogens with zero attached hydrogens (tertiary/aromatic N) is 1. The molecule has 0 unspecified atom stereocenters. The molecule has 3 rings (SSSR count). The van der Waals surface area contributed by atoms with Crippen LogP contribution in [0.5, 0.6) is 5.75 Å². The van der Waals surface area contributed by atoms with Crippen LogP contribution in [0.15, 0.2) is 23.1 Å². The summed E-state index contributed by atoms with van der Waals surface area (Å²) in [4.78, 5) is 23.2. The molecule has 0 bridgehead atoms. The van der Waals surface area contributed by atoms with Crippen LogP contribution >= 0.6 is 11.6 Å². The third kappa shape index (κ3) is 6.34. The molecule has 177 valence electrons. The summed E-state index contributed by atoms with van der Waals surface area (Å²) in [6.07, 6.45) is 3.90. The average Bonchev–Trinajstić information content (AvgIpc) is 3.23. The van der Waals surface area contributed by atoms with E-state index in [0.29, 0.717) is 12.2 Å². The Balaban J connectivity index is 1.56. The van der Waals surface area contributed by atoms with Crippen LogP contribution in [0, 0.1) is 12.3 Å². The topological polar surface area (TPSA) is 131 Å². The number of sulfonamides is 1. The summed E-state index contributed by atoms with van der Waals surface area (Å²) in [5.41, 5.74) is 5.19. The molecule has 2 aliphatic heterocycles. The van der Waals surface area contributed by atoms with E-state index in [1.807, 2.05) is 0 Å². The molecule has 9 nitrogen and oxygen atoms in total. The second-order valence-corrected chi connectivity index (χ2v) is 10.6. The fourth-order valence-corrected chi connectivity index (χ4v) is 5.52. The summed E-state index contributed by atoms with van der Waals surface area (Å²) >= 11 is 6.32. The highest BCUT2D eigenvalue weighted by Gasteiger charge is 2.33. The Labute approximate surface area is 194 Å². The minimum Gasteiger partial charge on any atom is -0.489 e. The van der Waals surface area contributed by atoms with Crippen molar-refractivity contribution in [3.63, 3.8) is 0 Å². The molecule has 0 aliphatic carbocycles. The van der Waals surface area contributed by atoms with E-state index in [2.05, 4.69) is 10.6 Å². The van der Waals surface area contributed by atoms with Crippen molar-refractivity contribution >= 4 is 33.4 Å². The zero-order valence-corrected chi connectivity index (χ0v) is 19.6. The largest absolute Gasteiger partial charge is 0.489 e. The number of hydrogen-bond acceptors (Lipinski definition) is 6. The second kappa shape index (κ2) is 10.8. The Hall–Kier alpha value is -1.88. The van der Waals surface area contributed by atoms with Crippen LogP contribution in [-0.4, -0.2) is 62.9 Å². The summed E-state index contributed by atoms with van der Waals surface area (Å²) in [5.74, 6) is -0.777. The fraction of sp³-hybridized carbons (Fsp3) is 0.571. The first kappa shape index (κ1) is 24.8. The molecule has 0 spiro atoms. The van der Waals surface area contributed by atoms with Gasteiger partial charge in [0.2, 0.25) is 21.8 Å². The van der Waals surface area contributed by atoms with Gasteiger partial charge in [0.1, 0.15) is 11.9 Å². The number of halogens is 1. The van der Waals surface area contributed by atoms with Gasteiger partial charge in [0.15, 0.2) is 0 Å². The molecule has 1 radical (unpaired) electrons. The lowest BCUT2D eigenvalue weighted by Gasteiger charge is -2.24. The van der Waals surface area contributed by atoms with Gasteiger partial charge in [0.25, 0.3) is 0 Å². The molecule has 2 aliphatic rings. The quantitative estimate of drug-likeness (QED) is 0.479. The Morgan fingerprint density at radius 1 is 1.34 bits per heavy atom. The molecule has 32 heavy (non-hydrogen) atoms. The minimum atomic E-state index is -3.76. The monoisotopic (exact) mass is 485 g/mol. The number of piperidine rings is 1. The predicted molar refractivity (Wildman–Crippen MR) is 121 cm³/mol. The number of ether oxygens (including phenoxy) is 1. The zero-order valence-electron chi connectivity index (χ0n) is 18.1. The highest BCUT2D eigenvalue weighted by molar-refractivity contribution is 7.89. The molecule has 2 saturated heterocycles. The molecular formula is C21H30ClN4O5S. The second-order valence-electron chi connectivity index (χ2n) is 8.26. The summed E-state index contributed by atoms with van der Waals surface area (Å²) in [6.45, 7) is 3.85. The van der Waals surface area contributed by atoms with Gasteiger partial charge < -0.3 is 21.1 Å². The van der Waals surface area contributed by atoms with E-state index < -0.39 is 21.8 Å². The molecule has 2 heterocycles.